The lowest BCUT2D eigenvalue weighted by molar-refractivity contribution is 0.0193. The van der Waals surface area contributed by atoms with Crippen LogP contribution in [0.25, 0.3) is 0 Å². The van der Waals surface area contributed by atoms with Crippen LogP contribution in [0.4, 0.5) is 0 Å². The number of aromatic nitrogens is 2. The lowest BCUT2D eigenvalue weighted by Crippen LogP contribution is -2.29. The van der Waals surface area contributed by atoms with Crippen LogP contribution in [0.15, 0.2) is 12.4 Å². The van der Waals surface area contributed by atoms with E-state index in [4.69, 9.17) is 9.47 Å². The Labute approximate surface area is 121 Å². The summed E-state index contributed by atoms with van der Waals surface area (Å²) in [7, 11) is 1.77. The number of nitrogens with one attached hydrogen (secondary N) is 1. The Kier molecular flexibility index (Phi) is 5.73. The summed E-state index contributed by atoms with van der Waals surface area (Å²) in [5.74, 6) is 0.611. The predicted molar refractivity (Wildman–Crippen MR) is 77.7 cm³/mol. The van der Waals surface area contributed by atoms with E-state index in [0.717, 1.165) is 37.9 Å². The fraction of sp³-hybridized carbons (Fsp3) is 0.733. The maximum Gasteiger partial charge on any atom is 0.232 e. The number of nitrogens with zero attached hydrogens (tertiary/aromatic N) is 2. The molecule has 2 unspecified atom stereocenters. The third kappa shape index (κ3) is 4.72. The Morgan fingerprint density at radius 3 is 2.70 bits per heavy atom. The van der Waals surface area contributed by atoms with Crippen LogP contribution in [0.5, 0.6) is 5.88 Å². The molecule has 2 atom stereocenters. The smallest absolute Gasteiger partial charge is 0.232 e. The van der Waals surface area contributed by atoms with E-state index < -0.39 is 0 Å². The first kappa shape index (κ1) is 15.2. The Balaban J connectivity index is 1.83. The average molecular weight is 279 g/mol. The van der Waals surface area contributed by atoms with Crippen molar-refractivity contribution in [2.24, 2.45) is 0 Å². The molecule has 0 aliphatic heterocycles. The molecule has 0 radical (unpaired) electrons. The zero-order valence-corrected chi connectivity index (χ0v) is 12.6. The number of ether oxygens (including phenoxy) is 2. The second-order valence-electron chi connectivity index (χ2n) is 5.65. The molecule has 0 bridgehead atoms. The van der Waals surface area contributed by atoms with Crippen molar-refractivity contribution in [1.29, 1.82) is 0 Å². The molecule has 5 nitrogen and oxygen atoms in total. The van der Waals surface area contributed by atoms with Gasteiger partial charge in [0.2, 0.25) is 5.88 Å². The third-order valence-electron chi connectivity index (χ3n) is 3.57. The predicted octanol–water partition coefficient (Wildman–Crippen LogP) is 2.31. The molecule has 0 saturated heterocycles. The van der Waals surface area contributed by atoms with Gasteiger partial charge in [-0.3, -0.25) is 4.98 Å². The number of rotatable bonds is 6. The van der Waals surface area contributed by atoms with Gasteiger partial charge >= 0.3 is 0 Å². The van der Waals surface area contributed by atoms with Crippen molar-refractivity contribution in [1.82, 2.24) is 15.3 Å². The zero-order chi connectivity index (χ0) is 14.4. The standard InChI is InChI=1S/C15H25N3O2/c1-11(2)16-8-12-9-18-15(10-17-12)20-14-6-4-5-13(7-14)19-3/h9-11,13-14,16H,4-8H2,1-3H3. The third-order valence-corrected chi connectivity index (χ3v) is 3.57. The van der Waals surface area contributed by atoms with Crippen LogP contribution in [0.2, 0.25) is 0 Å². The Bertz CT molecular complexity index is 395. The monoisotopic (exact) mass is 279 g/mol. The van der Waals surface area contributed by atoms with E-state index in [2.05, 4.69) is 29.1 Å². The summed E-state index contributed by atoms with van der Waals surface area (Å²) in [6, 6.07) is 0.445. The molecule has 1 N–H and O–H groups in total. The van der Waals surface area contributed by atoms with Gasteiger partial charge in [-0.1, -0.05) is 13.8 Å². The van der Waals surface area contributed by atoms with E-state index >= 15 is 0 Å². The molecule has 5 heteroatoms. The van der Waals surface area contributed by atoms with E-state index in [-0.39, 0.29) is 6.10 Å². The highest BCUT2D eigenvalue weighted by atomic mass is 16.5. The molecule has 0 amide bonds. The Morgan fingerprint density at radius 1 is 1.25 bits per heavy atom. The molecule has 1 aromatic rings. The molecule has 1 fully saturated rings. The molecule has 2 rings (SSSR count). The van der Waals surface area contributed by atoms with E-state index in [1.807, 2.05) is 0 Å². The fourth-order valence-corrected chi connectivity index (χ4v) is 2.40. The molecule has 112 valence electrons. The first-order chi connectivity index (χ1) is 9.67. The van der Waals surface area contributed by atoms with E-state index in [1.54, 1.807) is 19.5 Å². The first-order valence-corrected chi connectivity index (χ1v) is 7.41. The Morgan fingerprint density at radius 2 is 2.05 bits per heavy atom. The lowest BCUT2D eigenvalue weighted by atomic mass is 9.95. The molecular formula is C15H25N3O2. The van der Waals surface area contributed by atoms with E-state index in [1.165, 1.54) is 0 Å². The minimum atomic E-state index is 0.197. The van der Waals surface area contributed by atoms with Crippen LogP contribution < -0.4 is 10.1 Å². The molecular weight excluding hydrogens is 254 g/mol. The highest BCUT2D eigenvalue weighted by molar-refractivity contribution is 5.08. The first-order valence-electron chi connectivity index (χ1n) is 7.41. The molecule has 1 aliphatic rings. The molecule has 1 aliphatic carbocycles. The van der Waals surface area contributed by atoms with Crippen LogP contribution in [-0.2, 0) is 11.3 Å². The van der Waals surface area contributed by atoms with Crippen LogP contribution in [0.3, 0.4) is 0 Å². The summed E-state index contributed by atoms with van der Waals surface area (Å²) < 4.78 is 11.3. The number of hydrogen-bond acceptors (Lipinski definition) is 5. The summed E-state index contributed by atoms with van der Waals surface area (Å²) in [6.45, 7) is 4.96. The van der Waals surface area contributed by atoms with Gasteiger partial charge in [-0.25, -0.2) is 4.98 Å². The van der Waals surface area contributed by atoms with Gasteiger partial charge in [0.05, 0.1) is 24.2 Å². The van der Waals surface area contributed by atoms with Gasteiger partial charge in [0, 0.05) is 26.1 Å². The van der Waals surface area contributed by atoms with Crippen molar-refractivity contribution < 1.29 is 9.47 Å². The van der Waals surface area contributed by atoms with Gasteiger partial charge in [-0.2, -0.15) is 0 Å². The van der Waals surface area contributed by atoms with Crippen LogP contribution in [-0.4, -0.2) is 35.3 Å². The minimum absolute atomic E-state index is 0.197. The highest BCUT2D eigenvalue weighted by Gasteiger charge is 2.23. The Hall–Kier alpha value is -1.20. The second kappa shape index (κ2) is 7.55. The summed E-state index contributed by atoms with van der Waals surface area (Å²) in [6.07, 6.45) is 8.29. The SMILES string of the molecule is COC1CCCC(Oc2cnc(CNC(C)C)cn2)C1. The number of hydrogen-bond donors (Lipinski definition) is 1. The topological polar surface area (TPSA) is 56.3 Å². The van der Waals surface area contributed by atoms with Gasteiger partial charge in [0.1, 0.15) is 6.10 Å². The normalized spacial score (nSPS) is 23.0. The largest absolute Gasteiger partial charge is 0.473 e. The van der Waals surface area contributed by atoms with Crippen molar-refractivity contribution in [3.8, 4) is 5.88 Å². The molecule has 20 heavy (non-hydrogen) atoms. The van der Waals surface area contributed by atoms with Gasteiger partial charge in [0.15, 0.2) is 0 Å². The van der Waals surface area contributed by atoms with Crippen LogP contribution >= 0.6 is 0 Å². The van der Waals surface area contributed by atoms with E-state index in [0.29, 0.717) is 18.0 Å². The van der Waals surface area contributed by atoms with Crippen LogP contribution in [0.1, 0.15) is 45.2 Å². The van der Waals surface area contributed by atoms with Gasteiger partial charge in [-0.05, 0) is 19.3 Å². The van der Waals surface area contributed by atoms with Crippen molar-refractivity contribution in [3.63, 3.8) is 0 Å². The summed E-state index contributed by atoms with van der Waals surface area (Å²) in [5.41, 5.74) is 0.935. The molecule has 1 heterocycles. The van der Waals surface area contributed by atoms with Crippen molar-refractivity contribution in [2.45, 2.75) is 64.3 Å². The number of methoxy groups -OCH3 is 1. The summed E-state index contributed by atoms with van der Waals surface area (Å²) >= 11 is 0. The lowest BCUT2D eigenvalue weighted by Gasteiger charge is -2.28. The maximum atomic E-state index is 5.89. The van der Waals surface area contributed by atoms with E-state index in [9.17, 15) is 0 Å². The minimum Gasteiger partial charge on any atom is -0.473 e. The quantitative estimate of drug-likeness (QED) is 0.866. The average Bonchev–Trinajstić information content (AvgIpc) is 2.47. The van der Waals surface area contributed by atoms with Crippen molar-refractivity contribution in [2.75, 3.05) is 7.11 Å². The fourth-order valence-electron chi connectivity index (χ4n) is 2.40. The van der Waals surface area contributed by atoms with Crippen LogP contribution in [0, 0.1) is 0 Å². The maximum absolute atomic E-state index is 5.89. The molecule has 1 saturated carbocycles. The summed E-state index contributed by atoms with van der Waals surface area (Å²) in [5, 5.41) is 3.32. The second-order valence-corrected chi connectivity index (χ2v) is 5.65. The summed E-state index contributed by atoms with van der Waals surface area (Å²) in [4.78, 5) is 8.71. The van der Waals surface area contributed by atoms with Gasteiger partial charge in [-0.15, -0.1) is 0 Å². The zero-order valence-electron chi connectivity index (χ0n) is 12.6. The van der Waals surface area contributed by atoms with Gasteiger partial charge < -0.3 is 14.8 Å². The molecule has 1 aromatic heterocycles. The molecule has 0 spiro atoms. The van der Waals surface area contributed by atoms with Gasteiger partial charge in [0.25, 0.3) is 0 Å². The highest BCUT2D eigenvalue weighted by Crippen LogP contribution is 2.24. The van der Waals surface area contributed by atoms with Crippen molar-refractivity contribution >= 4 is 0 Å². The molecule has 0 aromatic carbocycles. The van der Waals surface area contributed by atoms with Crippen molar-refractivity contribution in [3.05, 3.63) is 18.1 Å².